The average molecular weight is 182 g/mol. The first kappa shape index (κ1) is 9.92. The Balaban J connectivity index is 2.65. The van der Waals surface area contributed by atoms with E-state index in [1.54, 1.807) is 20.0 Å². The summed E-state index contributed by atoms with van der Waals surface area (Å²) in [5.41, 5.74) is 0. The maximum atomic E-state index is 11.5. The number of nitrogens with zero attached hydrogens (tertiary/aromatic N) is 1. The highest BCUT2D eigenvalue weighted by Crippen LogP contribution is 2.10. The number of hydrogen-bond acceptors (Lipinski definition) is 3. The lowest BCUT2D eigenvalue weighted by Gasteiger charge is -2.24. The minimum Gasteiger partial charge on any atom is -0.318 e. The highest BCUT2D eigenvalue weighted by atomic mass is 16.2. The van der Waals surface area contributed by atoms with Gasteiger partial charge in [0.05, 0.1) is 5.92 Å². The zero-order valence-corrected chi connectivity index (χ0v) is 7.91. The smallest absolute Gasteiger partial charge is 0.252 e. The fourth-order valence-corrected chi connectivity index (χ4v) is 1.20. The number of rotatable bonds is 3. The number of amides is 2. The van der Waals surface area contributed by atoms with Gasteiger partial charge in [0.25, 0.3) is 5.91 Å². The molecular formula is C9H14N2O2. The van der Waals surface area contributed by atoms with Gasteiger partial charge in [0.15, 0.2) is 0 Å². The van der Waals surface area contributed by atoms with Crippen molar-refractivity contribution in [3.05, 3.63) is 12.2 Å². The maximum absolute atomic E-state index is 11.5. The minimum absolute atomic E-state index is 0.109. The lowest BCUT2D eigenvalue weighted by atomic mass is 10.1. The first-order valence-electron chi connectivity index (χ1n) is 4.35. The van der Waals surface area contributed by atoms with Crippen molar-refractivity contribution in [2.75, 3.05) is 20.1 Å². The van der Waals surface area contributed by atoms with E-state index in [1.165, 1.54) is 11.0 Å². The Morgan fingerprint density at radius 2 is 2.23 bits per heavy atom. The van der Waals surface area contributed by atoms with Crippen LogP contribution in [-0.2, 0) is 9.59 Å². The standard InChI is InChI=1S/C9H14N2O2/c1-7-3-4-8(12)11(9(7)13)6-5-10-2/h3-4,7,10H,5-6H2,1-2H3. The van der Waals surface area contributed by atoms with Crippen LogP contribution < -0.4 is 5.32 Å². The van der Waals surface area contributed by atoms with Gasteiger partial charge < -0.3 is 5.32 Å². The largest absolute Gasteiger partial charge is 0.318 e. The molecule has 2 amide bonds. The lowest BCUT2D eigenvalue weighted by Crippen LogP contribution is -2.44. The molecule has 0 aromatic rings. The third-order valence-corrected chi connectivity index (χ3v) is 2.03. The molecule has 72 valence electrons. The van der Waals surface area contributed by atoms with Gasteiger partial charge in [-0.1, -0.05) is 13.0 Å². The summed E-state index contributed by atoms with van der Waals surface area (Å²) in [5.74, 6) is -0.490. The van der Waals surface area contributed by atoms with Crippen LogP contribution in [0.5, 0.6) is 0 Å². The van der Waals surface area contributed by atoms with Gasteiger partial charge in [0.2, 0.25) is 5.91 Å². The van der Waals surface area contributed by atoms with Crippen LogP contribution in [-0.4, -0.2) is 36.9 Å². The highest BCUT2D eigenvalue weighted by Gasteiger charge is 2.26. The molecule has 4 nitrogen and oxygen atoms in total. The molecule has 13 heavy (non-hydrogen) atoms. The summed E-state index contributed by atoms with van der Waals surface area (Å²) in [5, 5.41) is 2.90. The van der Waals surface area contributed by atoms with Crippen LogP contribution in [0.3, 0.4) is 0 Å². The zero-order chi connectivity index (χ0) is 9.84. The zero-order valence-electron chi connectivity index (χ0n) is 7.91. The molecule has 1 atom stereocenters. The molecule has 4 heteroatoms. The second-order valence-electron chi connectivity index (χ2n) is 3.08. The van der Waals surface area contributed by atoms with Crippen molar-refractivity contribution in [1.82, 2.24) is 10.2 Å². The monoisotopic (exact) mass is 182 g/mol. The predicted octanol–water partition coefficient (Wildman–Crippen LogP) is -0.233. The normalized spacial score (nSPS) is 22.6. The number of likely N-dealkylation sites (N-methyl/N-ethyl adjacent to an activating group) is 1. The second-order valence-corrected chi connectivity index (χ2v) is 3.08. The van der Waals surface area contributed by atoms with E-state index in [1.807, 2.05) is 0 Å². The summed E-state index contributed by atoms with van der Waals surface area (Å²) >= 11 is 0. The third-order valence-electron chi connectivity index (χ3n) is 2.03. The van der Waals surface area contributed by atoms with E-state index in [0.29, 0.717) is 13.1 Å². The van der Waals surface area contributed by atoms with Gasteiger partial charge >= 0.3 is 0 Å². The Kier molecular flexibility index (Phi) is 3.19. The molecule has 0 spiro atoms. The van der Waals surface area contributed by atoms with E-state index in [0.717, 1.165) is 0 Å². The van der Waals surface area contributed by atoms with Crippen LogP contribution in [0.25, 0.3) is 0 Å². The van der Waals surface area contributed by atoms with Gasteiger partial charge in [-0.25, -0.2) is 0 Å². The Morgan fingerprint density at radius 1 is 1.54 bits per heavy atom. The van der Waals surface area contributed by atoms with Gasteiger partial charge in [-0.3, -0.25) is 14.5 Å². The van der Waals surface area contributed by atoms with Crippen LogP contribution in [0.4, 0.5) is 0 Å². The molecule has 0 aromatic heterocycles. The number of hydrogen-bond donors (Lipinski definition) is 1. The molecule has 1 unspecified atom stereocenters. The quantitative estimate of drug-likeness (QED) is 0.613. The summed E-state index contributed by atoms with van der Waals surface area (Å²) in [7, 11) is 1.79. The molecule has 0 aromatic carbocycles. The van der Waals surface area contributed by atoms with Crippen molar-refractivity contribution in [3.63, 3.8) is 0 Å². The summed E-state index contributed by atoms with van der Waals surface area (Å²) in [4.78, 5) is 24.0. The molecule has 1 N–H and O–H groups in total. The van der Waals surface area contributed by atoms with Crippen molar-refractivity contribution in [1.29, 1.82) is 0 Å². The Hall–Kier alpha value is -1.16. The minimum atomic E-state index is -0.210. The first-order chi connectivity index (χ1) is 6.16. The van der Waals surface area contributed by atoms with Crippen LogP contribution in [0, 0.1) is 5.92 Å². The van der Waals surface area contributed by atoms with E-state index in [2.05, 4.69) is 5.32 Å². The van der Waals surface area contributed by atoms with Gasteiger partial charge in [-0.2, -0.15) is 0 Å². The summed E-state index contributed by atoms with van der Waals surface area (Å²) < 4.78 is 0. The predicted molar refractivity (Wildman–Crippen MR) is 49.0 cm³/mol. The molecule has 0 radical (unpaired) electrons. The molecule has 0 bridgehead atoms. The Bertz CT molecular complexity index is 248. The van der Waals surface area contributed by atoms with Crippen molar-refractivity contribution < 1.29 is 9.59 Å². The molecule has 0 aliphatic carbocycles. The van der Waals surface area contributed by atoms with E-state index in [-0.39, 0.29) is 17.7 Å². The van der Waals surface area contributed by atoms with Crippen LogP contribution in [0.15, 0.2) is 12.2 Å². The molecule has 0 saturated carbocycles. The maximum Gasteiger partial charge on any atom is 0.252 e. The summed E-state index contributed by atoms with van der Waals surface area (Å²) in [6.07, 6.45) is 3.10. The van der Waals surface area contributed by atoms with Gasteiger partial charge in [-0.05, 0) is 7.05 Å². The van der Waals surface area contributed by atoms with Crippen molar-refractivity contribution in [2.24, 2.45) is 5.92 Å². The van der Waals surface area contributed by atoms with E-state index in [4.69, 9.17) is 0 Å². The van der Waals surface area contributed by atoms with Gasteiger partial charge in [-0.15, -0.1) is 0 Å². The molecule has 1 heterocycles. The number of imide groups is 1. The molecule has 1 aliphatic rings. The van der Waals surface area contributed by atoms with Crippen molar-refractivity contribution in [3.8, 4) is 0 Å². The molecular weight excluding hydrogens is 168 g/mol. The van der Waals surface area contributed by atoms with Crippen LogP contribution in [0.2, 0.25) is 0 Å². The number of carbonyl (C=O) groups excluding carboxylic acids is 2. The molecule has 0 saturated heterocycles. The Morgan fingerprint density at radius 3 is 2.85 bits per heavy atom. The SMILES string of the molecule is CNCCN1C(=O)C=CC(C)C1=O. The first-order valence-corrected chi connectivity index (χ1v) is 4.35. The lowest BCUT2D eigenvalue weighted by molar-refractivity contribution is -0.144. The van der Waals surface area contributed by atoms with Gasteiger partial charge in [0.1, 0.15) is 0 Å². The van der Waals surface area contributed by atoms with E-state index in [9.17, 15) is 9.59 Å². The topological polar surface area (TPSA) is 49.4 Å². The fraction of sp³-hybridized carbons (Fsp3) is 0.556. The summed E-state index contributed by atoms with van der Waals surface area (Å²) in [6, 6.07) is 0. The fourth-order valence-electron chi connectivity index (χ4n) is 1.20. The average Bonchev–Trinajstić information content (AvgIpc) is 2.12. The third kappa shape index (κ3) is 2.15. The molecule has 1 rings (SSSR count). The van der Waals surface area contributed by atoms with Crippen LogP contribution >= 0.6 is 0 Å². The number of nitrogens with one attached hydrogen (secondary N) is 1. The van der Waals surface area contributed by atoms with Gasteiger partial charge in [0, 0.05) is 19.2 Å². The van der Waals surface area contributed by atoms with E-state index < -0.39 is 0 Å². The number of carbonyl (C=O) groups is 2. The summed E-state index contributed by atoms with van der Waals surface area (Å²) in [6.45, 7) is 2.87. The van der Waals surface area contributed by atoms with Crippen LogP contribution in [0.1, 0.15) is 6.92 Å². The second kappa shape index (κ2) is 4.18. The highest BCUT2D eigenvalue weighted by molar-refractivity contribution is 6.05. The van der Waals surface area contributed by atoms with E-state index >= 15 is 0 Å². The molecule has 0 fully saturated rings. The van der Waals surface area contributed by atoms with Crippen molar-refractivity contribution in [2.45, 2.75) is 6.92 Å². The Labute approximate surface area is 77.6 Å². The van der Waals surface area contributed by atoms with Crippen molar-refractivity contribution >= 4 is 11.8 Å². The molecule has 1 aliphatic heterocycles.